The van der Waals surface area contributed by atoms with Gasteiger partial charge in [-0.05, 0) is 38.0 Å². The number of carbonyl (C=O) groups is 1. The van der Waals surface area contributed by atoms with Crippen molar-refractivity contribution in [3.63, 3.8) is 0 Å². The SMILES string of the molecule is CCOC(=O)Nc1cc(S(=O)(=O)N2CCCCCC2)ccc1OC. The van der Waals surface area contributed by atoms with Gasteiger partial charge in [-0.25, -0.2) is 13.2 Å². The third-order valence-electron chi connectivity index (χ3n) is 3.89. The number of methoxy groups -OCH3 is 1. The zero-order valence-corrected chi connectivity index (χ0v) is 14.9. The highest BCUT2D eigenvalue weighted by Crippen LogP contribution is 2.29. The minimum absolute atomic E-state index is 0.136. The first-order chi connectivity index (χ1) is 11.5. The summed E-state index contributed by atoms with van der Waals surface area (Å²) >= 11 is 0. The Morgan fingerprint density at radius 1 is 1.21 bits per heavy atom. The number of nitrogens with zero attached hydrogens (tertiary/aromatic N) is 1. The molecule has 1 N–H and O–H groups in total. The molecular weight excluding hydrogens is 332 g/mol. The van der Waals surface area contributed by atoms with E-state index in [9.17, 15) is 13.2 Å². The van der Waals surface area contributed by atoms with Crippen LogP contribution in [0.2, 0.25) is 0 Å². The summed E-state index contributed by atoms with van der Waals surface area (Å²) in [6, 6.07) is 4.44. The van der Waals surface area contributed by atoms with Crippen LogP contribution in [0.15, 0.2) is 23.1 Å². The van der Waals surface area contributed by atoms with Crippen molar-refractivity contribution in [1.82, 2.24) is 4.31 Å². The summed E-state index contributed by atoms with van der Waals surface area (Å²) in [6.45, 7) is 2.96. The molecule has 7 nitrogen and oxygen atoms in total. The predicted octanol–water partition coefficient (Wildman–Crippen LogP) is 2.83. The van der Waals surface area contributed by atoms with E-state index in [1.807, 2.05) is 0 Å². The summed E-state index contributed by atoms with van der Waals surface area (Å²) < 4.78 is 37.2. The minimum atomic E-state index is -3.60. The third-order valence-corrected chi connectivity index (χ3v) is 5.78. The van der Waals surface area contributed by atoms with E-state index in [0.717, 1.165) is 25.7 Å². The highest BCUT2D eigenvalue weighted by molar-refractivity contribution is 7.89. The summed E-state index contributed by atoms with van der Waals surface area (Å²) in [4.78, 5) is 11.8. The summed E-state index contributed by atoms with van der Waals surface area (Å²) in [5.41, 5.74) is 0.270. The Morgan fingerprint density at radius 3 is 2.46 bits per heavy atom. The first kappa shape index (κ1) is 18.5. The normalized spacial score (nSPS) is 16.2. The number of amides is 1. The number of hydrogen-bond donors (Lipinski definition) is 1. The van der Waals surface area contributed by atoms with Crippen molar-refractivity contribution in [3.8, 4) is 5.75 Å². The van der Waals surface area contributed by atoms with Gasteiger partial charge in [0.05, 0.1) is 24.3 Å². The Hall–Kier alpha value is -1.80. The number of sulfonamides is 1. The van der Waals surface area contributed by atoms with E-state index in [-0.39, 0.29) is 17.2 Å². The molecule has 1 amide bonds. The van der Waals surface area contributed by atoms with Crippen LogP contribution in [-0.2, 0) is 14.8 Å². The van der Waals surface area contributed by atoms with E-state index < -0.39 is 16.1 Å². The number of nitrogens with one attached hydrogen (secondary N) is 1. The van der Waals surface area contributed by atoms with Crippen LogP contribution in [-0.4, -0.2) is 45.6 Å². The molecule has 0 bridgehead atoms. The summed E-state index contributed by atoms with van der Waals surface area (Å²) in [5, 5.41) is 2.52. The fourth-order valence-corrected chi connectivity index (χ4v) is 4.20. The van der Waals surface area contributed by atoms with Gasteiger partial charge in [0.1, 0.15) is 5.75 Å². The van der Waals surface area contributed by atoms with E-state index in [1.54, 1.807) is 6.92 Å². The summed E-state index contributed by atoms with van der Waals surface area (Å²) in [7, 11) is -2.14. The Morgan fingerprint density at radius 2 is 1.88 bits per heavy atom. The lowest BCUT2D eigenvalue weighted by molar-refractivity contribution is 0.168. The quantitative estimate of drug-likeness (QED) is 0.877. The molecule has 0 unspecified atom stereocenters. The Kier molecular flexibility index (Phi) is 6.44. The number of benzene rings is 1. The van der Waals surface area contributed by atoms with Crippen molar-refractivity contribution in [2.45, 2.75) is 37.5 Å². The molecule has 0 radical (unpaired) electrons. The van der Waals surface area contributed by atoms with Crippen LogP contribution >= 0.6 is 0 Å². The monoisotopic (exact) mass is 356 g/mol. The van der Waals surface area contributed by atoms with Crippen molar-refractivity contribution >= 4 is 21.8 Å². The molecule has 0 saturated carbocycles. The maximum absolute atomic E-state index is 12.8. The molecule has 1 fully saturated rings. The van der Waals surface area contributed by atoms with Crippen LogP contribution in [0.25, 0.3) is 0 Å². The smallest absolute Gasteiger partial charge is 0.411 e. The van der Waals surface area contributed by atoms with Gasteiger partial charge in [0.2, 0.25) is 10.0 Å². The van der Waals surface area contributed by atoms with Gasteiger partial charge < -0.3 is 9.47 Å². The molecule has 0 atom stereocenters. The molecule has 1 aromatic carbocycles. The molecule has 0 aromatic heterocycles. The predicted molar refractivity (Wildman–Crippen MR) is 90.9 cm³/mol. The highest BCUT2D eigenvalue weighted by Gasteiger charge is 2.26. The van der Waals surface area contributed by atoms with Gasteiger partial charge >= 0.3 is 6.09 Å². The van der Waals surface area contributed by atoms with Gasteiger partial charge in [-0.1, -0.05) is 12.8 Å². The molecule has 1 heterocycles. The fourth-order valence-electron chi connectivity index (χ4n) is 2.65. The second-order valence-electron chi connectivity index (χ2n) is 5.53. The molecule has 1 aliphatic rings. The van der Waals surface area contributed by atoms with Crippen molar-refractivity contribution in [1.29, 1.82) is 0 Å². The van der Waals surface area contributed by atoms with Crippen LogP contribution in [0.4, 0.5) is 10.5 Å². The number of ether oxygens (including phenoxy) is 2. The molecule has 24 heavy (non-hydrogen) atoms. The van der Waals surface area contributed by atoms with Gasteiger partial charge in [0, 0.05) is 13.1 Å². The van der Waals surface area contributed by atoms with Gasteiger partial charge in [-0.15, -0.1) is 0 Å². The van der Waals surface area contributed by atoms with E-state index in [1.165, 1.54) is 29.6 Å². The Balaban J connectivity index is 2.30. The van der Waals surface area contributed by atoms with E-state index >= 15 is 0 Å². The lowest BCUT2D eigenvalue weighted by atomic mass is 10.2. The molecule has 0 aliphatic carbocycles. The molecule has 8 heteroatoms. The van der Waals surface area contributed by atoms with Crippen LogP contribution < -0.4 is 10.1 Å². The average Bonchev–Trinajstić information content (AvgIpc) is 2.84. The number of rotatable bonds is 5. The van der Waals surface area contributed by atoms with Gasteiger partial charge in [-0.3, -0.25) is 5.32 Å². The highest BCUT2D eigenvalue weighted by atomic mass is 32.2. The van der Waals surface area contributed by atoms with Crippen LogP contribution in [0, 0.1) is 0 Å². The maximum atomic E-state index is 12.8. The van der Waals surface area contributed by atoms with Crippen LogP contribution in [0.1, 0.15) is 32.6 Å². The van der Waals surface area contributed by atoms with Gasteiger partial charge in [0.15, 0.2) is 0 Å². The average molecular weight is 356 g/mol. The zero-order valence-electron chi connectivity index (χ0n) is 14.1. The molecule has 1 aliphatic heterocycles. The number of anilines is 1. The molecule has 1 aromatic rings. The molecule has 2 rings (SSSR count). The van der Waals surface area contributed by atoms with E-state index in [0.29, 0.717) is 18.8 Å². The first-order valence-corrected chi connectivity index (χ1v) is 9.55. The van der Waals surface area contributed by atoms with Crippen molar-refractivity contribution < 1.29 is 22.7 Å². The maximum Gasteiger partial charge on any atom is 0.411 e. The molecule has 1 saturated heterocycles. The Bertz CT molecular complexity index is 667. The fraction of sp³-hybridized carbons (Fsp3) is 0.562. The third kappa shape index (κ3) is 4.39. The minimum Gasteiger partial charge on any atom is -0.495 e. The molecule has 134 valence electrons. The number of carbonyl (C=O) groups excluding carboxylic acids is 1. The lowest BCUT2D eigenvalue weighted by Gasteiger charge is -2.21. The zero-order chi connectivity index (χ0) is 17.6. The van der Waals surface area contributed by atoms with Crippen molar-refractivity contribution in [2.24, 2.45) is 0 Å². The number of hydrogen-bond acceptors (Lipinski definition) is 5. The molecular formula is C16H24N2O5S. The second-order valence-corrected chi connectivity index (χ2v) is 7.46. The lowest BCUT2D eigenvalue weighted by Crippen LogP contribution is -2.32. The standard InChI is InChI=1S/C16H24N2O5S/c1-3-23-16(19)17-14-12-13(8-9-15(14)22-2)24(20,21)18-10-6-4-5-7-11-18/h8-9,12H,3-7,10-11H2,1-2H3,(H,17,19). The first-order valence-electron chi connectivity index (χ1n) is 8.11. The Labute approximate surface area is 143 Å². The summed E-state index contributed by atoms with van der Waals surface area (Å²) in [5.74, 6) is 0.373. The topological polar surface area (TPSA) is 84.9 Å². The summed E-state index contributed by atoms with van der Waals surface area (Å²) in [6.07, 6.45) is 3.17. The van der Waals surface area contributed by atoms with E-state index in [4.69, 9.17) is 9.47 Å². The second kappa shape index (κ2) is 8.34. The van der Waals surface area contributed by atoms with Crippen LogP contribution in [0.5, 0.6) is 5.75 Å². The van der Waals surface area contributed by atoms with Gasteiger partial charge in [-0.2, -0.15) is 4.31 Å². The van der Waals surface area contributed by atoms with Crippen molar-refractivity contribution in [3.05, 3.63) is 18.2 Å². The largest absolute Gasteiger partial charge is 0.495 e. The molecule has 0 spiro atoms. The van der Waals surface area contributed by atoms with Crippen LogP contribution in [0.3, 0.4) is 0 Å². The van der Waals surface area contributed by atoms with Gasteiger partial charge in [0.25, 0.3) is 0 Å². The van der Waals surface area contributed by atoms with Crippen molar-refractivity contribution in [2.75, 3.05) is 32.1 Å². The van der Waals surface area contributed by atoms with E-state index in [2.05, 4.69) is 5.32 Å².